The molecule has 1 amide bonds. The number of hydrogen-bond donors (Lipinski definition) is 1. The molecule has 0 radical (unpaired) electrons. The smallest absolute Gasteiger partial charge is 0.257 e. The average molecular weight is 346 g/mol. The normalized spacial score (nSPS) is 23.2. The molecular weight excluding hydrogens is 328 g/mol. The Morgan fingerprint density at radius 1 is 1.20 bits per heavy atom. The Bertz CT molecular complexity index is 484. The summed E-state index contributed by atoms with van der Waals surface area (Å²) in [6, 6.07) is 2.22. The van der Waals surface area contributed by atoms with Crippen LogP contribution in [0.1, 0.15) is 49.4 Å². The standard InChI is InChI=1S/C15H18BrF2NO/c1-9-3-2-4-11(6-5-9)19-15(20)14-12(17)7-10(16)8-13(14)18/h7-9,11H,2-6H2,1H3,(H,19,20). The molecule has 1 aliphatic rings. The first kappa shape index (κ1) is 15.4. The van der Waals surface area contributed by atoms with Crippen LogP contribution >= 0.6 is 15.9 Å². The first-order valence-electron chi connectivity index (χ1n) is 6.92. The summed E-state index contributed by atoms with van der Waals surface area (Å²) in [6.45, 7) is 2.19. The molecule has 1 aromatic carbocycles. The van der Waals surface area contributed by atoms with Gasteiger partial charge in [0.25, 0.3) is 5.91 Å². The summed E-state index contributed by atoms with van der Waals surface area (Å²) in [4.78, 5) is 12.1. The van der Waals surface area contributed by atoms with Crippen molar-refractivity contribution in [3.63, 3.8) is 0 Å². The summed E-state index contributed by atoms with van der Waals surface area (Å²) >= 11 is 3.00. The second-order valence-electron chi connectivity index (χ2n) is 5.53. The zero-order valence-corrected chi connectivity index (χ0v) is 13.0. The van der Waals surface area contributed by atoms with Crippen LogP contribution in [0.5, 0.6) is 0 Å². The summed E-state index contributed by atoms with van der Waals surface area (Å²) in [5, 5.41) is 2.76. The van der Waals surface area contributed by atoms with Gasteiger partial charge in [-0.2, -0.15) is 0 Å². The molecule has 1 N–H and O–H groups in total. The van der Waals surface area contributed by atoms with Crippen molar-refractivity contribution in [3.05, 3.63) is 33.8 Å². The maximum absolute atomic E-state index is 13.7. The Hall–Kier alpha value is -0.970. The molecule has 1 saturated carbocycles. The lowest BCUT2D eigenvalue weighted by molar-refractivity contribution is 0.0924. The molecule has 110 valence electrons. The van der Waals surface area contributed by atoms with Crippen LogP contribution in [0.3, 0.4) is 0 Å². The second-order valence-corrected chi connectivity index (χ2v) is 6.44. The molecule has 1 aromatic rings. The lowest BCUT2D eigenvalue weighted by atomic mass is 10.0. The Kier molecular flexibility index (Phi) is 5.13. The van der Waals surface area contributed by atoms with Crippen LogP contribution in [0.2, 0.25) is 0 Å². The van der Waals surface area contributed by atoms with E-state index in [1.54, 1.807) is 0 Å². The van der Waals surface area contributed by atoms with E-state index < -0.39 is 23.1 Å². The third-order valence-corrected chi connectivity index (χ3v) is 4.28. The van der Waals surface area contributed by atoms with Gasteiger partial charge in [0.1, 0.15) is 17.2 Å². The van der Waals surface area contributed by atoms with E-state index in [0.717, 1.165) is 44.2 Å². The van der Waals surface area contributed by atoms with Crippen molar-refractivity contribution in [1.82, 2.24) is 5.32 Å². The molecule has 20 heavy (non-hydrogen) atoms. The van der Waals surface area contributed by atoms with E-state index >= 15 is 0 Å². The first-order valence-corrected chi connectivity index (χ1v) is 7.72. The van der Waals surface area contributed by atoms with Crippen LogP contribution in [0.25, 0.3) is 0 Å². The quantitative estimate of drug-likeness (QED) is 0.789. The number of nitrogens with one attached hydrogen (secondary N) is 1. The third kappa shape index (κ3) is 3.78. The molecule has 1 aliphatic carbocycles. The average Bonchev–Trinajstić information content (AvgIpc) is 2.53. The van der Waals surface area contributed by atoms with Crippen LogP contribution < -0.4 is 5.32 Å². The number of hydrogen-bond acceptors (Lipinski definition) is 1. The lowest BCUT2D eigenvalue weighted by Gasteiger charge is -2.17. The molecule has 0 aromatic heterocycles. The van der Waals surface area contributed by atoms with E-state index in [9.17, 15) is 13.6 Å². The number of carbonyl (C=O) groups excluding carboxylic acids is 1. The van der Waals surface area contributed by atoms with E-state index in [-0.39, 0.29) is 10.5 Å². The minimum atomic E-state index is -0.837. The minimum Gasteiger partial charge on any atom is -0.349 e. The fourth-order valence-electron chi connectivity index (χ4n) is 2.65. The highest BCUT2D eigenvalue weighted by atomic mass is 79.9. The minimum absolute atomic E-state index is 0.00916. The highest BCUT2D eigenvalue weighted by molar-refractivity contribution is 9.10. The molecule has 0 spiro atoms. The van der Waals surface area contributed by atoms with Gasteiger partial charge >= 0.3 is 0 Å². The van der Waals surface area contributed by atoms with Gasteiger partial charge in [0.2, 0.25) is 0 Å². The summed E-state index contributed by atoms with van der Waals surface area (Å²) in [7, 11) is 0. The number of carbonyl (C=O) groups is 1. The Morgan fingerprint density at radius 3 is 2.50 bits per heavy atom. The van der Waals surface area contributed by atoms with Crippen LogP contribution in [0.4, 0.5) is 8.78 Å². The van der Waals surface area contributed by atoms with E-state index in [0.29, 0.717) is 5.92 Å². The molecule has 2 unspecified atom stereocenters. The number of amides is 1. The van der Waals surface area contributed by atoms with Crippen LogP contribution in [-0.2, 0) is 0 Å². The van der Waals surface area contributed by atoms with E-state index in [2.05, 4.69) is 28.2 Å². The molecular formula is C15H18BrF2NO. The zero-order valence-electron chi connectivity index (χ0n) is 11.4. The van der Waals surface area contributed by atoms with Gasteiger partial charge in [0, 0.05) is 10.5 Å². The summed E-state index contributed by atoms with van der Waals surface area (Å²) in [5.41, 5.74) is -0.495. The highest BCUT2D eigenvalue weighted by Crippen LogP contribution is 2.24. The lowest BCUT2D eigenvalue weighted by Crippen LogP contribution is -2.35. The second kappa shape index (κ2) is 6.66. The van der Waals surface area contributed by atoms with Gasteiger partial charge in [0.05, 0.1) is 0 Å². The Labute approximate surface area is 126 Å². The number of halogens is 3. The third-order valence-electron chi connectivity index (χ3n) is 3.83. The maximum Gasteiger partial charge on any atom is 0.257 e. The monoisotopic (exact) mass is 345 g/mol. The fourth-order valence-corrected chi connectivity index (χ4v) is 3.05. The van der Waals surface area contributed by atoms with Crippen molar-refractivity contribution >= 4 is 21.8 Å². The zero-order chi connectivity index (χ0) is 14.7. The van der Waals surface area contributed by atoms with Gasteiger partial charge in [-0.05, 0) is 37.3 Å². The summed E-state index contributed by atoms with van der Waals surface area (Å²) in [5.74, 6) is -1.68. The number of benzene rings is 1. The Balaban J connectivity index is 2.08. The van der Waals surface area contributed by atoms with Crippen molar-refractivity contribution in [2.24, 2.45) is 5.92 Å². The highest BCUT2D eigenvalue weighted by Gasteiger charge is 2.23. The van der Waals surface area contributed by atoms with Crippen molar-refractivity contribution in [2.45, 2.75) is 45.1 Å². The fraction of sp³-hybridized carbons (Fsp3) is 0.533. The van der Waals surface area contributed by atoms with Gasteiger partial charge in [0.15, 0.2) is 0 Å². The van der Waals surface area contributed by atoms with Gasteiger partial charge in [-0.3, -0.25) is 4.79 Å². The predicted molar refractivity (Wildman–Crippen MR) is 77.6 cm³/mol. The topological polar surface area (TPSA) is 29.1 Å². The maximum atomic E-state index is 13.7. The summed E-state index contributed by atoms with van der Waals surface area (Å²) < 4.78 is 27.7. The largest absolute Gasteiger partial charge is 0.349 e. The number of rotatable bonds is 2. The predicted octanol–water partition coefficient (Wildman–Crippen LogP) is 4.43. The molecule has 0 saturated heterocycles. The van der Waals surface area contributed by atoms with Crippen LogP contribution in [0, 0.1) is 17.6 Å². The van der Waals surface area contributed by atoms with Gasteiger partial charge in [-0.25, -0.2) is 8.78 Å². The van der Waals surface area contributed by atoms with Gasteiger partial charge in [-0.1, -0.05) is 35.7 Å². The SMILES string of the molecule is CC1CCCC(NC(=O)c2c(F)cc(Br)cc2F)CC1. The van der Waals surface area contributed by atoms with Crippen molar-refractivity contribution < 1.29 is 13.6 Å². The van der Waals surface area contributed by atoms with Crippen LogP contribution in [-0.4, -0.2) is 11.9 Å². The Morgan fingerprint density at radius 2 is 1.85 bits per heavy atom. The molecule has 5 heteroatoms. The van der Waals surface area contributed by atoms with Gasteiger partial charge in [-0.15, -0.1) is 0 Å². The summed E-state index contributed by atoms with van der Waals surface area (Å²) in [6.07, 6.45) is 4.96. The molecule has 0 heterocycles. The van der Waals surface area contributed by atoms with E-state index in [4.69, 9.17) is 0 Å². The van der Waals surface area contributed by atoms with E-state index in [1.807, 2.05) is 0 Å². The van der Waals surface area contributed by atoms with Crippen LogP contribution in [0.15, 0.2) is 16.6 Å². The first-order chi connectivity index (χ1) is 9.47. The molecule has 2 atom stereocenters. The molecule has 0 aliphatic heterocycles. The van der Waals surface area contributed by atoms with Crippen molar-refractivity contribution in [1.29, 1.82) is 0 Å². The molecule has 2 rings (SSSR count). The molecule has 2 nitrogen and oxygen atoms in total. The van der Waals surface area contributed by atoms with E-state index in [1.165, 1.54) is 0 Å². The van der Waals surface area contributed by atoms with Crippen molar-refractivity contribution in [3.8, 4) is 0 Å². The molecule has 1 fully saturated rings. The molecule has 0 bridgehead atoms. The van der Waals surface area contributed by atoms with Gasteiger partial charge < -0.3 is 5.32 Å². The van der Waals surface area contributed by atoms with Crippen molar-refractivity contribution in [2.75, 3.05) is 0 Å².